The maximum atomic E-state index is 8.77. The molecule has 4 nitrogen and oxygen atoms in total. The van der Waals surface area contributed by atoms with Crippen LogP contribution in [0.5, 0.6) is 0 Å². The molecule has 3 rings (SSSR count). The molecule has 4 heteroatoms. The van der Waals surface area contributed by atoms with Gasteiger partial charge < -0.3 is 0 Å². The highest BCUT2D eigenvalue weighted by atomic mass is 15.2. The van der Waals surface area contributed by atoms with Crippen LogP contribution in [0.3, 0.4) is 0 Å². The molecular formula is C16H12N4. The van der Waals surface area contributed by atoms with Crippen LogP contribution in [0.2, 0.25) is 0 Å². The Hall–Kier alpha value is -2.93. The van der Waals surface area contributed by atoms with Crippen LogP contribution in [0.15, 0.2) is 48.7 Å². The van der Waals surface area contributed by atoms with E-state index in [-0.39, 0.29) is 6.42 Å². The van der Waals surface area contributed by atoms with Crippen molar-refractivity contribution >= 4 is 17.8 Å². The van der Waals surface area contributed by atoms with Crippen molar-refractivity contribution in [3.05, 3.63) is 65.6 Å². The normalized spacial score (nSPS) is 10.9. The summed E-state index contributed by atoms with van der Waals surface area (Å²) in [6, 6.07) is 16.1. The van der Waals surface area contributed by atoms with Gasteiger partial charge in [0.1, 0.15) is 0 Å². The Balaban J connectivity index is 2.00. The number of hydrogen-bond acceptors (Lipinski definition) is 3. The summed E-state index contributed by atoms with van der Waals surface area (Å²) in [4.78, 5) is 0. The van der Waals surface area contributed by atoms with Crippen LogP contribution in [0.4, 0.5) is 0 Å². The second-order valence-electron chi connectivity index (χ2n) is 4.35. The van der Waals surface area contributed by atoms with Crippen molar-refractivity contribution in [3.8, 4) is 6.07 Å². The number of aromatic nitrogens is 3. The minimum Gasteiger partial charge on any atom is -0.285 e. The molecule has 0 saturated heterocycles. The van der Waals surface area contributed by atoms with E-state index < -0.39 is 0 Å². The number of pyridine rings is 1. The molecular weight excluding hydrogens is 248 g/mol. The minimum absolute atomic E-state index is 0.257. The quantitative estimate of drug-likeness (QED) is 0.727. The SMILES string of the molecule is N#CCc1nnc2c(C=Cc3ccccc3)cccn12. The lowest BCUT2D eigenvalue weighted by Crippen LogP contribution is -1.93. The van der Waals surface area contributed by atoms with E-state index in [9.17, 15) is 0 Å². The van der Waals surface area contributed by atoms with Crippen molar-refractivity contribution in [1.82, 2.24) is 14.6 Å². The lowest BCUT2D eigenvalue weighted by molar-refractivity contribution is 0.957. The molecule has 0 atom stereocenters. The molecule has 0 N–H and O–H groups in total. The first kappa shape index (κ1) is 12.1. The van der Waals surface area contributed by atoms with Gasteiger partial charge >= 0.3 is 0 Å². The first-order valence-electron chi connectivity index (χ1n) is 6.31. The van der Waals surface area contributed by atoms with Gasteiger partial charge in [-0.1, -0.05) is 42.5 Å². The summed E-state index contributed by atoms with van der Waals surface area (Å²) >= 11 is 0. The summed E-state index contributed by atoms with van der Waals surface area (Å²) in [5.41, 5.74) is 2.88. The Bertz CT molecular complexity index is 794. The second-order valence-corrected chi connectivity index (χ2v) is 4.35. The molecule has 2 heterocycles. The minimum atomic E-state index is 0.257. The summed E-state index contributed by atoms with van der Waals surface area (Å²) in [6.07, 6.45) is 6.18. The molecule has 0 unspecified atom stereocenters. The van der Waals surface area contributed by atoms with E-state index in [0.717, 1.165) is 16.8 Å². The predicted octanol–water partition coefficient (Wildman–Crippen LogP) is 2.97. The maximum Gasteiger partial charge on any atom is 0.168 e. The van der Waals surface area contributed by atoms with Crippen molar-refractivity contribution in [2.75, 3.05) is 0 Å². The zero-order valence-electron chi connectivity index (χ0n) is 10.8. The average molecular weight is 260 g/mol. The molecule has 0 aliphatic heterocycles. The van der Waals surface area contributed by atoms with Crippen LogP contribution < -0.4 is 0 Å². The van der Waals surface area contributed by atoms with E-state index in [1.54, 1.807) is 0 Å². The van der Waals surface area contributed by atoms with Crippen LogP contribution in [0.25, 0.3) is 17.8 Å². The van der Waals surface area contributed by atoms with Gasteiger partial charge in [-0.2, -0.15) is 5.26 Å². The summed E-state index contributed by atoms with van der Waals surface area (Å²) in [7, 11) is 0. The Kier molecular flexibility index (Phi) is 3.25. The molecule has 0 bridgehead atoms. The second kappa shape index (κ2) is 5.37. The van der Waals surface area contributed by atoms with E-state index in [2.05, 4.69) is 16.3 Å². The van der Waals surface area contributed by atoms with Gasteiger partial charge in [0.2, 0.25) is 0 Å². The van der Waals surface area contributed by atoms with Gasteiger partial charge in [0.15, 0.2) is 11.5 Å². The molecule has 0 aliphatic carbocycles. The van der Waals surface area contributed by atoms with Crippen molar-refractivity contribution < 1.29 is 0 Å². The molecule has 20 heavy (non-hydrogen) atoms. The van der Waals surface area contributed by atoms with Gasteiger partial charge in [-0.05, 0) is 17.7 Å². The Morgan fingerprint density at radius 2 is 1.90 bits per heavy atom. The van der Waals surface area contributed by atoms with Gasteiger partial charge in [0.05, 0.1) is 12.5 Å². The first-order chi connectivity index (χ1) is 9.88. The molecule has 0 saturated carbocycles. The lowest BCUT2D eigenvalue weighted by atomic mass is 10.1. The fourth-order valence-electron chi connectivity index (χ4n) is 2.06. The molecule has 0 aliphatic rings. The van der Waals surface area contributed by atoms with Crippen LogP contribution in [0.1, 0.15) is 17.0 Å². The van der Waals surface area contributed by atoms with Crippen molar-refractivity contribution in [1.29, 1.82) is 5.26 Å². The highest BCUT2D eigenvalue weighted by Gasteiger charge is 2.06. The standard InChI is InChI=1S/C16H12N4/c17-11-10-15-18-19-16-14(7-4-12-20(15)16)9-8-13-5-2-1-3-6-13/h1-9,12H,10H2. The van der Waals surface area contributed by atoms with E-state index in [0.29, 0.717) is 5.82 Å². The maximum absolute atomic E-state index is 8.77. The largest absolute Gasteiger partial charge is 0.285 e. The third kappa shape index (κ3) is 2.29. The monoisotopic (exact) mass is 260 g/mol. The van der Waals surface area contributed by atoms with Gasteiger partial charge in [-0.25, -0.2) is 0 Å². The van der Waals surface area contributed by atoms with Crippen molar-refractivity contribution in [3.63, 3.8) is 0 Å². The van der Waals surface area contributed by atoms with Crippen LogP contribution in [-0.2, 0) is 6.42 Å². The third-order valence-corrected chi connectivity index (χ3v) is 3.03. The summed E-state index contributed by atoms with van der Waals surface area (Å²) in [5, 5.41) is 17.0. The Morgan fingerprint density at radius 1 is 1.05 bits per heavy atom. The molecule has 96 valence electrons. The zero-order chi connectivity index (χ0) is 13.8. The number of fused-ring (bicyclic) bond motifs is 1. The smallest absolute Gasteiger partial charge is 0.168 e. The topological polar surface area (TPSA) is 54.0 Å². The summed E-state index contributed by atoms with van der Waals surface area (Å²) < 4.78 is 1.86. The lowest BCUT2D eigenvalue weighted by Gasteiger charge is -1.98. The number of hydrogen-bond donors (Lipinski definition) is 0. The number of nitrogens with zero attached hydrogens (tertiary/aromatic N) is 4. The highest BCUT2D eigenvalue weighted by Crippen LogP contribution is 2.14. The number of nitriles is 1. The molecule has 2 aromatic heterocycles. The summed E-state index contributed by atoms with van der Waals surface area (Å²) in [5.74, 6) is 0.664. The van der Waals surface area contributed by atoms with Gasteiger partial charge in [-0.3, -0.25) is 4.40 Å². The molecule has 0 radical (unpaired) electrons. The van der Waals surface area contributed by atoms with Gasteiger partial charge in [0, 0.05) is 11.8 Å². The average Bonchev–Trinajstić information content (AvgIpc) is 2.91. The van der Waals surface area contributed by atoms with Crippen LogP contribution >= 0.6 is 0 Å². The fourth-order valence-corrected chi connectivity index (χ4v) is 2.06. The molecule has 3 aromatic rings. The molecule has 0 amide bonds. The summed E-state index contributed by atoms with van der Waals surface area (Å²) in [6.45, 7) is 0. The Morgan fingerprint density at radius 3 is 2.70 bits per heavy atom. The predicted molar refractivity (Wildman–Crippen MR) is 77.7 cm³/mol. The van der Waals surface area contributed by atoms with E-state index in [4.69, 9.17) is 5.26 Å². The number of benzene rings is 1. The van der Waals surface area contributed by atoms with Gasteiger partial charge in [-0.15, -0.1) is 10.2 Å². The van der Waals surface area contributed by atoms with Crippen LogP contribution in [0, 0.1) is 11.3 Å². The zero-order valence-corrected chi connectivity index (χ0v) is 10.8. The molecule has 1 aromatic carbocycles. The van der Waals surface area contributed by atoms with Crippen molar-refractivity contribution in [2.24, 2.45) is 0 Å². The van der Waals surface area contributed by atoms with E-state index in [1.807, 2.05) is 65.2 Å². The Labute approximate surface area is 116 Å². The van der Waals surface area contributed by atoms with Crippen molar-refractivity contribution in [2.45, 2.75) is 6.42 Å². The van der Waals surface area contributed by atoms with Gasteiger partial charge in [0.25, 0.3) is 0 Å². The molecule has 0 fully saturated rings. The fraction of sp³-hybridized carbons (Fsp3) is 0.0625. The third-order valence-electron chi connectivity index (χ3n) is 3.03. The van der Waals surface area contributed by atoms with Crippen LogP contribution in [-0.4, -0.2) is 14.6 Å². The molecule has 0 spiro atoms. The van der Waals surface area contributed by atoms with E-state index in [1.165, 1.54) is 0 Å². The number of rotatable bonds is 3. The van der Waals surface area contributed by atoms with E-state index >= 15 is 0 Å². The highest BCUT2D eigenvalue weighted by molar-refractivity contribution is 5.76. The first-order valence-corrected chi connectivity index (χ1v) is 6.31.